The summed E-state index contributed by atoms with van der Waals surface area (Å²) in [5, 5.41) is 0.792. The van der Waals surface area contributed by atoms with Gasteiger partial charge in [-0.2, -0.15) is 0 Å². The van der Waals surface area contributed by atoms with Crippen molar-refractivity contribution in [2.75, 3.05) is 7.11 Å². The lowest BCUT2D eigenvalue weighted by Gasteiger charge is -2.28. The van der Waals surface area contributed by atoms with Crippen LogP contribution in [0.3, 0.4) is 0 Å². The number of hydrogen-bond donors (Lipinski definition) is 1. The molecule has 0 radical (unpaired) electrons. The van der Waals surface area contributed by atoms with Gasteiger partial charge >= 0.3 is 12.1 Å². The van der Waals surface area contributed by atoms with Crippen molar-refractivity contribution >= 4 is 12.1 Å². The van der Waals surface area contributed by atoms with Gasteiger partial charge in [0.05, 0.1) is 7.11 Å². The number of carbonyl (C=O) groups excluding carboxylic acids is 2. The molecular formula is C11H22N2O4. The molecule has 0 fully saturated rings. The van der Waals surface area contributed by atoms with Crippen LogP contribution in [0.1, 0.15) is 40.5 Å². The number of esters is 1. The van der Waals surface area contributed by atoms with Gasteiger partial charge in [-0.25, -0.2) is 20.4 Å². The van der Waals surface area contributed by atoms with Gasteiger partial charge in [0.1, 0.15) is 11.6 Å². The van der Waals surface area contributed by atoms with Gasteiger partial charge in [0.25, 0.3) is 0 Å². The predicted molar refractivity (Wildman–Crippen MR) is 63.0 cm³/mol. The monoisotopic (exact) mass is 246 g/mol. The lowest BCUT2D eigenvalue weighted by atomic mass is 10.1. The molecule has 0 spiro atoms. The number of amides is 1. The van der Waals surface area contributed by atoms with E-state index in [1.807, 2.05) is 6.92 Å². The first-order chi connectivity index (χ1) is 7.72. The molecule has 0 aliphatic heterocycles. The second-order valence-corrected chi connectivity index (χ2v) is 4.72. The Morgan fingerprint density at radius 2 is 1.88 bits per heavy atom. The Kier molecular flexibility index (Phi) is 5.95. The molecule has 0 aliphatic rings. The first kappa shape index (κ1) is 15.7. The fraction of sp³-hybridized carbons (Fsp3) is 0.818. The number of ether oxygens (including phenoxy) is 2. The van der Waals surface area contributed by atoms with Crippen LogP contribution < -0.4 is 5.84 Å². The largest absolute Gasteiger partial charge is 0.467 e. The normalized spacial score (nSPS) is 12.8. The fourth-order valence-electron chi connectivity index (χ4n) is 1.22. The molecule has 0 aromatic carbocycles. The lowest BCUT2D eigenvalue weighted by Crippen LogP contribution is -2.51. The van der Waals surface area contributed by atoms with E-state index in [-0.39, 0.29) is 0 Å². The van der Waals surface area contributed by atoms with E-state index < -0.39 is 23.7 Å². The summed E-state index contributed by atoms with van der Waals surface area (Å²) >= 11 is 0. The Morgan fingerprint density at radius 1 is 1.35 bits per heavy atom. The number of carbonyl (C=O) groups is 2. The minimum absolute atomic E-state index is 0.433. The Morgan fingerprint density at radius 3 is 2.24 bits per heavy atom. The summed E-state index contributed by atoms with van der Waals surface area (Å²) < 4.78 is 9.67. The van der Waals surface area contributed by atoms with Gasteiger partial charge in [0.15, 0.2) is 0 Å². The van der Waals surface area contributed by atoms with Crippen molar-refractivity contribution in [3.63, 3.8) is 0 Å². The number of methoxy groups -OCH3 is 1. The smallest absolute Gasteiger partial charge is 0.425 e. The summed E-state index contributed by atoms with van der Waals surface area (Å²) in [5.74, 6) is 5.05. The van der Waals surface area contributed by atoms with Gasteiger partial charge in [0, 0.05) is 0 Å². The standard InChI is InChI=1S/C11H22N2O4/c1-6-7-8(9(14)16-5)13(12)10(15)17-11(2,3)4/h8H,6-7,12H2,1-5H3. The summed E-state index contributed by atoms with van der Waals surface area (Å²) in [6.07, 6.45) is 0.403. The van der Waals surface area contributed by atoms with Crippen LogP contribution in [-0.2, 0) is 14.3 Å². The van der Waals surface area contributed by atoms with Crippen LogP contribution in [-0.4, -0.2) is 35.8 Å². The number of nitrogens with zero attached hydrogens (tertiary/aromatic N) is 1. The highest BCUT2D eigenvalue weighted by Crippen LogP contribution is 2.12. The molecular weight excluding hydrogens is 224 g/mol. The molecule has 2 N–H and O–H groups in total. The summed E-state index contributed by atoms with van der Waals surface area (Å²) in [5.41, 5.74) is -0.651. The number of rotatable bonds is 4. The molecule has 100 valence electrons. The van der Waals surface area contributed by atoms with Crippen molar-refractivity contribution in [3.05, 3.63) is 0 Å². The maximum absolute atomic E-state index is 11.7. The molecule has 1 atom stereocenters. The van der Waals surface area contributed by atoms with E-state index in [2.05, 4.69) is 4.74 Å². The van der Waals surface area contributed by atoms with Crippen LogP contribution in [0.25, 0.3) is 0 Å². The van der Waals surface area contributed by atoms with Gasteiger partial charge in [-0.1, -0.05) is 13.3 Å². The molecule has 0 aliphatic carbocycles. The van der Waals surface area contributed by atoms with Crippen LogP contribution >= 0.6 is 0 Å². The highest BCUT2D eigenvalue weighted by molar-refractivity contribution is 5.81. The Balaban J connectivity index is 4.66. The van der Waals surface area contributed by atoms with Gasteiger partial charge in [-0.15, -0.1) is 0 Å². The topological polar surface area (TPSA) is 81.9 Å². The number of hydrogen-bond acceptors (Lipinski definition) is 5. The highest BCUT2D eigenvalue weighted by Gasteiger charge is 2.30. The molecule has 0 bridgehead atoms. The van der Waals surface area contributed by atoms with E-state index in [9.17, 15) is 9.59 Å². The maximum Gasteiger partial charge on any atom is 0.425 e. The van der Waals surface area contributed by atoms with Gasteiger partial charge < -0.3 is 9.47 Å². The average Bonchev–Trinajstić information content (AvgIpc) is 2.21. The minimum atomic E-state index is -0.806. The molecule has 1 amide bonds. The van der Waals surface area contributed by atoms with Crippen LogP contribution in [0.5, 0.6) is 0 Å². The molecule has 6 nitrogen and oxygen atoms in total. The lowest BCUT2D eigenvalue weighted by molar-refractivity contribution is -0.147. The second-order valence-electron chi connectivity index (χ2n) is 4.72. The van der Waals surface area contributed by atoms with Crippen molar-refractivity contribution < 1.29 is 19.1 Å². The third kappa shape index (κ3) is 5.53. The Labute approximate surface area is 102 Å². The van der Waals surface area contributed by atoms with E-state index in [0.29, 0.717) is 12.8 Å². The predicted octanol–water partition coefficient (Wildman–Crippen LogP) is 1.44. The third-order valence-corrected chi connectivity index (χ3v) is 1.98. The fourth-order valence-corrected chi connectivity index (χ4v) is 1.22. The van der Waals surface area contributed by atoms with Gasteiger partial charge in [0.2, 0.25) is 0 Å². The molecule has 17 heavy (non-hydrogen) atoms. The number of hydrazine groups is 1. The summed E-state index contributed by atoms with van der Waals surface area (Å²) in [7, 11) is 1.26. The molecule has 0 aromatic rings. The maximum atomic E-state index is 11.7. The van der Waals surface area contributed by atoms with Gasteiger partial charge in [-0.05, 0) is 27.2 Å². The van der Waals surface area contributed by atoms with E-state index in [1.165, 1.54) is 7.11 Å². The van der Waals surface area contributed by atoms with E-state index in [4.69, 9.17) is 10.6 Å². The van der Waals surface area contributed by atoms with E-state index in [1.54, 1.807) is 20.8 Å². The first-order valence-corrected chi connectivity index (χ1v) is 5.57. The van der Waals surface area contributed by atoms with Crippen molar-refractivity contribution in [1.29, 1.82) is 0 Å². The zero-order valence-electron chi connectivity index (χ0n) is 11.1. The zero-order chi connectivity index (χ0) is 13.6. The molecule has 6 heteroatoms. The molecule has 0 heterocycles. The molecule has 0 saturated heterocycles. The van der Waals surface area contributed by atoms with Crippen molar-refractivity contribution in [2.24, 2.45) is 5.84 Å². The molecule has 0 aromatic heterocycles. The average molecular weight is 246 g/mol. The Hall–Kier alpha value is -1.30. The number of nitrogens with two attached hydrogens (primary N) is 1. The van der Waals surface area contributed by atoms with Crippen molar-refractivity contribution in [1.82, 2.24) is 5.01 Å². The SMILES string of the molecule is CCCC(C(=O)OC)N(N)C(=O)OC(C)(C)C. The van der Waals surface area contributed by atoms with Crippen molar-refractivity contribution in [2.45, 2.75) is 52.2 Å². The van der Waals surface area contributed by atoms with E-state index in [0.717, 1.165) is 5.01 Å². The van der Waals surface area contributed by atoms with E-state index >= 15 is 0 Å². The van der Waals surface area contributed by atoms with Crippen molar-refractivity contribution in [3.8, 4) is 0 Å². The molecule has 0 rings (SSSR count). The minimum Gasteiger partial charge on any atom is -0.467 e. The van der Waals surface area contributed by atoms with Crippen LogP contribution in [0.2, 0.25) is 0 Å². The van der Waals surface area contributed by atoms with Crippen LogP contribution in [0.4, 0.5) is 4.79 Å². The highest BCUT2D eigenvalue weighted by atomic mass is 16.6. The third-order valence-electron chi connectivity index (χ3n) is 1.98. The second kappa shape index (κ2) is 6.44. The molecule has 0 saturated carbocycles. The Bertz CT molecular complexity index is 273. The zero-order valence-corrected chi connectivity index (χ0v) is 11.1. The quantitative estimate of drug-likeness (QED) is 0.351. The van der Waals surface area contributed by atoms with Gasteiger partial charge in [-0.3, -0.25) is 0 Å². The first-order valence-electron chi connectivity index (χ1n) is 5.57. The summed E-state index contributed by atoms with van der Waals surface area (Å²) in [6, 6.07) is -0.806. The summed E-state index contributed by atoms with van der Waals surface area (Å²) in [6.45, 7) is 7.07. The molecule has 1 unspecified atom stereocenters. The summed E-state index contributed by atoms with van der Waals surface area (Å²) in [4.78, 5) is 23.1. The van der Waals surface area contributed by atoms with Crippen LogP contribution in [0, 0.1) is 0 Å². The van der Waals surface area contributed by atoms with Crippen LogP contribution in [0.15, 0.2) is 0 Å².